The van der Waals surface area contributed by atoms with Gasteiger partial charge in [-0.1, -0.05) is 18.2 Å². The Bertz CT molecular complexity index is 1280. The molecule has 1 aromatic carbocycles. The van der Waals surface area contributed by atoms with Crippen molar-refractivity contribution in [1.82, 2.24) is 20.5 Å². The number of primary amides is 2. The van der Waals surface area contributed by atoms with E-state index in [9.17, 15) is 33.9 Å². The molecular formula is C26H35N7O7. The molecule has 0 saturated carbocycles. The van der Waals surface area contributed by atoms with Gasteiger partial charge >= 0.3 is 5.97 Å². The molecule has 1 aromatic heterocycles. The molecule has 14 nitrogen and oxygen atoms in total. The fraction of sp³-hybridized carbons (Fsp3) is 0.462. The number of carbonyl (C=O) groups is 6. The first-order valence-corrected chi connectivity index (χ1v) is 13.0. The third-order valence-electron chi connectivity index (χ3n) is 6.88. The van der Waals surface area contributed by atoms with Crippen LogP contribution in [0.1, 0.15) is 44.1 Å². The highest BCUT2D eigenvalue weighted by Crippen LogP contribution is 2.21. The second-order valence-electron chi connectivity index (χ2n) is 9.83. The lowest BCUT2D eigenvalue weighted by Gasteiger charge is -2.30. The molecule has 0 aliphatic carbocycles. The van der Waals surface area contributed by atoms with Crippen molar-refractivity contribution in [1.29, 1.82) is 0 Å². The molecule has 5 amide bonds. The van der Waals surface area contributed by atoms with Crippen molar-refractivity contribution in [2.24, 2.45) is 17.2 Å². The average Bonchev–Trinajstić information content (AvgIpc) is 3.55. The standard InChI is InChI=1S/C26H35N7O7/c27-16(12-14-13-30-17-5-2-1-4-15(14)17)23(36)31-18(7-9-21(28)34)25(38)33-11-3-6-20(33)24(37)32-19(26(39)40)8-10-22(29)35/h1-2,4-5,13,16,18-20,30H,3,6-12,27H2,(H2,28,34)(H2,29,35)(H,31,36)(H,32,37)(H,39,40). The summed E-state index contributed by atoms with van der Waals surface area (Å²) in [7, 11) is 0. The van der Waals surface area contributed by atoms with Gasteiger partial charge in [-0.3, -0.25) is 24.0 Å². The monoisotopic (exact) mass is 557 g/mol. The summed E-state index contributed by atoms with van der Waals surface area (Å²) < 4.78 is 0. The topological polar surface area (TPSA) is 244 Å². The van der Waals surface area contributed by atoms with E-state index in [4.69, 9.17) is 17.2 Å². The van der Waals surface area contributed by atoms with Crippen LogP contribution in [-0.2, 0) is 35.2 Å². The molecule has 2 heterocycles. The number of nitrogens with zero attached hydrogens (tertiary/aromatic N) is 1. The number of para-hydroxylation sites is 1. The number of aromatic nitrogens is 1. The summed E-state index contributed by atoms with van der Waals surface area (Å²) in [5.74, 6) is -4.68. The first-order valence-electron chi connectivity index (χ1n) is 13.0. The number of aromatic amines is 1. The summed E-state index contributed by atoms with van der Waals surface area (Å²) >= 11 is 0. The second-order valence-corrected chi connectivity index (χ2v) is 9.83. The number of rotatable bonds is 14. The zero-order valence-corrected chi connectivity index (χ0v) is 21.9. The van der Waals surface area contributed by atoms with Crippen LogP contribution in [0.5, 0.6) is 0 Å². The minimum Gasteiger partial charge on any atom is -0.480 e. The van der Waals surface area contributed by atoms with E-state index in [1.54, 1.807) is 6.20 Å². The predicted octanol–water partition coefficient (Wildman–Crippen LogP) is -1.39. The molecule has 1 fully saturated rings. The number of nitrogens with two attached hydrogens (primary N) is 3. The molecule has 0 spiro atoms. The molecule has 1 saturated heterocycles. The van der Waals surface area contributed by atoms with Gasteiger partial charge in [0.2, 0.25) is 29.5 Å². The molecular weight excluding hydrogens is 522 g/mol. The Morgan fingerprint density at radius 2 is 1.65 bits per heavy atom. The van der Waals surface area contributed by atoms with E-state index in [0.29, 0.717) is 6.42 Å². The quantitative estimate of drug-likeness (QED) is 0.145. The fourth-order valence-electron chi connectivity index (χ4n) is 4.77. The molecule has 0 bridgehead atoms. The Morgan fingerprint density at radius 1 is 1.00 bits per heavy atom. The highest BCUT2D eigenvalue weighted by molar-refractivity contribution is 5.95. The van der Waals surface area contributed by atoms with Crippen LogP contribution < -0.4 is 27.8 Å². The largest absolute Gasteiger partial charge is 0.480 e. The molecule has 1 aliphatic heterocycles. The van der Waals surface area contributed by atoms with Gasteiger partial charge in [0.1, 0.15) is 18.1 Å². The zero-order chi connectivity index (χ0) is 29.4. The normalized spacial score (nSPS) is 17.1. The number of hydrogen-bond acceptors (Lipinski definition) is 7. The van der Waals surface area contributed by atoms with Crippen LogP contribution in [0.4, 0.5) is 0 Å². The van der Waals surface area contributed by atoms with Gasteiger partial charge in [0.15, 0.2) is 0 Å². The van der Waals surface area contributed by atoms with Crippen LogP contribution in [0.2, 0.25) is 0 Å². The van der Waals surface area contributed by atoms with Crippen LogP contribution >= 0.6 is 0 Å². The Kier molecular flexibility index (Phi) is 10.2. The predicted molar refractivity (Wildman–Crippen MR) is 143 cm³/mol. The minimum atomic E-state index is -1.37. The molecule has 2 aromatic rings. The van der Waals surface area contributed by atoms with Crippen LogP contribution in [0.25, 0.3) is 10.9 Å². The highest BCUT2D eigenvalue weighted by Gasteiger charge is 2.39. The first-order chi connectivity index (χ1) is 19.0. The molecule has 1 aliphatic rings. The third-order valence-corrected chi connectivity index (χ3v) is 6.88. The van der Waals surface area contributed by atoms with E-state index < -0.39 is 59.7 Å². The number of fused-ring (bicyclic) bond motifs is 1. The van der Waals surface area contributed by atoms with Crippen molar-refractivity contribution >= 4 is 46.4 Å². The number of carboxylic acid groups (broad SMARTS) is 1. The molecule has 14 heteroatoms. The molecule has 4 atom stereocenters. The maximum absolute atomic E-state index is 13.5. The summed E-state index contributed by atoms with van der Waals surface area (Å²) in [6.45, 7) is 0.181. The number of benzene rings is 1. The maximum atomic E-state index is 13.5. The van der Waals surface area contributed by atoms with Crippen LogP contribution in [0.3, 0.4) is 0 Å². The van der Waals surface area contributed by atoms with Gasteiger partial charge in [-0.25, -0.2) is 4.79 Å². The van der Waals surface area contributed by atoms with Gasteiger partial charge in [0.25, 0.3) is 0 Å². The van der Waals surface area contributed by atoms with E-state index in [1.165, 1.54) is 4.90 Å². The summed E-state index contributed by atoms with van der Waals surface area (Å²) in [6, 6.07) is 2.95. The number of carboxylic acids is 1. The average molecular weight is 558 g/mol. The lowest BCUT2D eigenvalue weighted by molar-refractivity contribution is -0.145. The number of aliphatic carboxylic acids is 1. The van der Waals surface area contributed by atoms with Gasteiger partial charge in [-0.2, -0.15) is 0 Å². The number of hydrogen-bond donors (Lipinski definition) is 7. The van der Waals surface area contributed by atoms with Gasteiger partial charge in [0.05, 0.1) is 6.04 Å². The highest BCUT2D eigenvalue weighted by atomic mass is 16.4. The van der Waals surface area contributed by atoms with Crippen LogP contribution in [0, 0.1) is 0 Å². The number of nitrogens with one attached hydrogen (secondary N) is 3. The molecule has 0 radical (unpaired) electrons. The van der Waals surface area contributed by atoms with Crippen molar-refractivity contribution in [2.75, 3.05) is 6.54 Å². The van der Waals surface area contributed by atoms with E-state index in [-0.39, 0.29) is 45.1 Å². The minimum absolute atomic E-state index is 0.110. The Hall–Kier alpha value is -4.46. The number of H-pyrrole nitrogens is 1. The molecule has 4 unspecified atom stereocenters. The van der Waals surface area contributed by atoms with Gasteiger partial charge in [-0.15, -0.1) is 0 Å². The van der Waals surface area contributed by atoms with E-state index in [0.717, 1.165) is 16.5 Å². The molecule has 3 rings (SSSR count). The summed E-state index contributed by atoms with van der Waals surface area (Å²) in [5, 5.41) is 15.3. The number of carbonyl (C=O) groups excluding carboxylic acids is 5. The Labute approximate surface area is 230 Å². The van der Waals surface area contributed by atoms with Gasteiger partial charge < -0.3 is 42.8 Å². The van der Waals surface area contributed by atoms with E-state index in [2.05, 4.69) is 15.6 Å². The fourth-order valence-corrected chi connectivity index (χ4v) is 4.77. The molecule has 40 heavy (non-hydrogen) atoms. The van der Waals surface area contributed by atoms with Crippen molar-refractivity contribution < 1.29 is 33.9 Å². The lowest BCUT2D eigenvalue weighted by Crippen LogP contribution is -2.57. The number of likely N-dealkylation sites (tertiary alicyclic amines) is 1. The number of amides is 5. The second kappa shape index (κ2) is 13.6. The molecule has 216 valence electrons. The summed E-state index contributed by atoms with van der Waals surface area (Å²) in [4.78, 5) is 77.9. The van der Waals surface area contributed by atoms with Crippen LogP contribution in [-0.4, -0.2) is 81.2 Å². The smallest absolute Gasteiger partial charge is 0.326 e. The van der Waals surface area contributed by atoms with Crippen molar-refractivity contribution in [3.63, 3.8) is 0 Å². The van der Waals surface area contributed by atoms with E-state index in [1.807, 2.05) is 24.3 Å². The lowest BCUT2D eigenvalue weighted by atomic mass is 10.0. The SMILES string of the molecule is NC(=O)CCC(NC(=O)C1CCCN1C(=O)C(CCC(N)=O)NC(=O)C(N)Cc1c[nH]c2ccccc12)C(=O)O. The Balaban J connectivity index is 1.70. The van der Waals surface area contributed by atoms with Crippen LogP contribution in [0.15, 0.2) is 30.5 Å². The van der Waals surface area contributed by atoms with Gasteiger partial charge in [0, 0.05) is 36.5 Å². The van der Waals surface area contributed by atoms with Crippen molar-refractivity contribution in [3.8, 4) is 0 Å². The maximum Gasteiger partial charge on any atom is 0.326 e. The first kappa shape index (κ1) is 30.1. The van der Waals surface area contributed by atoms with Crippen molar-refractivity contribution in [2.45, 2.75) is 69.1 Å². The summed E-state index contributed by atoms with van der Waals surface area (Å²) in [5.41, 5.74) is 18.2. The zero-order valence-electron chi connectivity index (χ0n) is 21.9. The molecule has 10 N–H and O–H groups in total. The Morgan fingerprint density at radius 3 is 2.30 bits per heavy atom. The van der Waals surface area contributed by atoms with Crippen molar-refractivity contribution in [3.05, 3.63) is 36.0 Å². The van der Waals surface area contributed by atoms with Gasteiger partial charge in [-0.05, 0) is 43.7 Å². The summed E-state index contributed by atoms with van der Waals surface area (Å²) in [6.07, 6.45) is 1.90. The third kappa shape index (κ3) is 7.79. The van der Waals surface area contributed by atoms with E-state index >= 15 is 0 Å².